The quantitative estimate of drug-likeness (QED) is 0.687. The highest BCUT2D eigenvalue weighted by Gasteiger charge is 2.22. The molecule has 0 N–H and O–H groups in total. The molecule has 4 heteroatoms. The first kappa shape index (κ1) is 18.4. The van der Waals surface area contributed by atoms with Crippen molar-refractivity contribution in [1.29, 1.82) is 0 Å². The Labute approximate surface area is 165 Å². The fourth-order valence-corrected chi connectivity index (χ4v) is 3.87. The molecular formula is C24H25N3O. The van der Waals surface area contributed by atoms with Crippen LogP contribution in [0.3, 0.4) is 0 Å². The summed E-state index contributed by atoms with van der Waals surface area (Å²) in [6, 6.07) is 14.6. The average molecular weight is 371 g/mol. The van der Waals surface area contributed by atoms with Gasteiger partial charge in [0, 0.05) is 23.4 Å². The maximum atomic E-state index is 11.9. The van der Waals surface area contributed by atoms with E-state index in [4.69, 9.17) is 4.99 Å². The Kier molecular flexibility index (Phi) is 4.95. The van der Waals surface area contributed by atoms with E-state index in [0.29, 0.717) is 12.4 Å². The van der Waals surface area contributed by atoms with Gasteiger partial charge in [-0.1, -0.05) is 45.0 Å². The summed E-state index contributed by atoms with van der Waals surface area (Å²) in [6.07, 6.45) is 4.70. The third kappa shape index (κ3) is 3.19. The molecule has 0 amide bonds. The van der Waals surface area contributed by atoms with Crippen molar-refractivity contribution in [2.24, 2.45) is 4.99 Å². The van der Waals surface area contributed by atoms with Crippen molar-refractivity contribution >= 4 is 5.71 Å². The van der Waals surface area contributed by atoms with E-state index in [1.54, 1.807) is 0 Å². The first-order valence-electron chi connectivity index (χ1n) is 10.0. The summed E-state index contributed by atoms with van der Waals surface area (Å²) in [5.41, 5.74) is 7.96. The van der Waals surface area contributed by atoms with Gasteiger partial charge in [-0.05, 0) is 48.1 Å². The number of rotatable bonds is 4. The van der Waals surface area contributed by atoms with Crippen molar-refractivity contribution in [3.8, 4) is 5.69 Å². The summed E-state index contributed by atoms with van der Waals surface area (Å²) in [7, 11) is 0. The lowest BCUT2D eigenvalue weighted by molar-refractivity contribution is 0.817. The van der Waals surface area contributed by atoms with Gasteiger partial charge in [0.2, 0.25) is 0 Å². The number of hydrogen-bond donors (Lipinski definition) is 0. The third-order valence-electron chi connectivity index (χ3n) is 5.42. The number of aliphatic imine (C=N–C) groups is 1. The number of nitrogens with zero attached hydrogens (tertiary/aromatic N) is 3. The van der Waals surface area contributed by atoms with Crippen LogP contribution < -0.4 is 5.56 Å². The van der Waals surface area contributed by atoms with Gasteiger partial charge in [-0.3, -0.25) is 9.79 Å². The van der Waals surface area contributed by atoms with E-state index >= 15 is 0 Å². The maximum absolute atomic E-state index is 11.9. The topological polar surface area (TPSA) is 47.2 Å². The fraction of sp³-hybridized carbons (Fsp3) is 0.292. The van der Waals surface area contributed by atoms with Gasteiger partial charge in [-0.15, -0.1) is 0 Å². The number of hydrogen-bond acceptors (Lipinski definition) is 3. The fourth-order valence-electron chi connectivity index (χ4n) is 3.87. The summed E-state index contributed by atoms with van der Waals surface area (Å²) in [4.78, 5) is 21.1. The zero-order valence-corrected chi connectivity index (χ0v) is 16.7. The minimum atomic E-state index is -0.221. The van der Waals surface area contributed by atoms with Crippen LogP contribution in [-0.4, -0.2) is 15.3 Å². The van der Waals surface area contributed by atoms with Gasteiger partial charge in [-0.25, -0.2) is 0 Å². The summed E-state index contributed by atoms with van der Waals surface area (Å²) in [5.74, 6) is 0.686. The predicted molar refractivity (Wildman–Crippen MR) is 114 cm³/mol. The van der Waals surface area contributed by atoms with Crippen molar-refractivity contribution in [3.05, 3.63) is 92.7 Å². The van der Waals surface area contributed by atoms with Gasteiger partial charge in [0.15, 0.2) is 0 Å². The Balaban J connectivity index is 2.05. The van der Waals surface area contributed by atoms with E-state index < -0.39 is 0 Å². The smallest absolute Gasteiger partial charge is 0.272 e. The van der Waals surface area contributed by atoms with E-state index in [-0.39, 0.29) is 5.56 Å². The monoisotopic (exact) mass is 371 g/mol. The van der Waals surface area contributed by atoms with Crippen LogP contribution >= 0.6 is 0 Å². The van der Waals surface area contributed by atoms with Crippen LogP contribution in [0.5, 0.6) is 0 Å². The summed E-state index contributed by atoms with van der Waals surface area (Å²) >= 11 is 0. The molecular weight excluding hydrogens is 346 g/mol. The van der Waals surface area contributed by atoms with E-state index in [9.17, 15) is 4.79 Å². The van der Waals surface area contributed by atoms with Gasteiger partial charge in [0.1, 0.15) is 5.82 Å². The van der Waals surface area contributed by atoms with Crippen LogP contribution in [0.15, 0.2) is 58.4 Å². The van der Waals surface area contributed by atoms with Crippen molar-refractivity contribution in [1.82, 2.24) is 9.55 Å². The van der Waals surface area contributed by atoms with Gasteiger partial charge >= 0.3 is 0 Å². The molecule has 28 heavy (non-hydrogen) atoms. The zero-order chi connectivity index (χ0) is 19.7. The SMILES string of the molecule is CCc1cccc(C2=NCc3nc(=O)ccn3-c3cc(CC)cc(CC)c32)c1. The second kappa shape index (κ2) is 7.55. The van der Waals surface area contributed by atoms with Gasteiger partial charge < -0.3 is 4.57 Å². The minimum Gasteiger partial charge on any atom is -0.303 e. The van der Waals surface area contributed by atoms with Crippen LogP contribution in [0.2, 0.25) is 0 Å². The standard InChI is InChI=1S/C24H25N3O/c1-4-16-8-7-9-19(12-16)24-23-18(6-3)13-17(5-2)14-20(23)27-11-10-22(28)26-21(27)15-25-24/h7-14H,4-6,15H2,1-3H3. The second-order valence-electron chi connectivity index (χ2n) is 7.13. The molecule has 0 atom stereocenters. The number of benzene rings is 2. The molecule has 2 heterocycles. The van der Waals surface area contributed by atoms with E-state index in [1.807, 2.05) is 10.8 Å². The Bertz CT molecular complexity index is 1120. The van der Waals surface area contributed by atoms with Crippen LogP contribution in [-0.2, 0) is 25.8 Å². The van der Waals surface area contributed by atoms with Gasteiger partial charge in [0.25, 0.3) is 5.56 Å². The molecule has 0 saturated heterocycles. The molecule has 0 spiro atoms. The Hall–Kier alpha value is -3.01. The highest BCUT2D eigenvalue weighted by atomic mass is 16.1. The molecule has 1 aliphatic rings. The molecule has 3 aromatic rings. The van der Waals surface area contributed by atoms with Crippen LogP contribution in [0.25, 0.3) is 5.69 Å². The molecule has 0 fully saturated rings. The van der Waals surface area contributed by atoms with Crippen molar-refractivity contribution in [3.63, 3.8) is 0 Å². The largest absolute Gasteiger partial charge is 0.303 e. The van der Waals surface area contributed by atoms with Crippen molar-refractivity contribution in [2.45, 2.75) is 46.6 Å². The predicted octanol–water partition coefficient (Wildman–Crippen LogP) is 4.27. The Morgan fingerprint density at radius 3 is 2.54 bits per heavy atom. The molecule has 0 aliphatic carbocycles. The lowest BCUT2D eigenvalue weighted by Gasteiger charge is -2.19. The molecule has 4 rings (SSSR count). The lowest BCUT2D eigenvalue weighted by atomic mass is 9.91. The average Bonchev–Trinajstić information content (AvgIpc) is 2.89. The maximum Gasteiger partial charge on any atom is 0.272 e. The molecule has 1 aliphatic heterocycles. The normalized spacial score (nSPS) is 12.8. The van der Waals surface area contributed by atoms with Crippen molar-refractivity contribution < 1.29 is 0 Å². The molecule has 2 aromatic carbocycles. The van der Waals surface area contributed by atoms with Gasteiger partial charge in [-0.2, -0.15) is 4.98 Å². The summed E-state index contributed by atoms with van der Waals surface area (Å²) in [5, 5.41) is 0. The van der Waals surface area contributed by atoms with Crippen LogP contribution in [0.1, 0.15) is 54.4 Å². The third-order valence-corrected chi connectivity index (χ3v) is 5.42. The first-order chi connectivity index (χ1) is 13.6. The van der Waals surface area contributed by atoms with Crippen molar-refractivity contribution in [2.75, 3.05) is 0 Å². The molecule has 0 radical (unpaired) electrons. The number of fused-ring (bicyclic) bond motifs is 3. The number of aryl methyl sites for hydroxylation is 3. The van der Waals surface area contributed by atoms with Gasteiger partial charge in [0.05, 0.1) is 17.9 Å². The van der Waals surface area contributed by atoms with E-state index in [1.165, 1.54) is 22.8 Å². The summed E-state index contributed by atoms with van der Waals surface area (Å²) in [6.45, 7) is 6.91. The summed E-state index contributed by atoms with van der Waals surface area (Å²) < 4.78 is 2.04. The first-order valence-corrected chi connectivity index (χ1v) is 10.0. The van der Waals surface area contributed by atoms with E-state index in [0.717, 1.165) is 41.8 Å². The highest BCUT2D eigenvalue weighted by molar-refractivity contribution is 6.16. The molecule has 142 valence electrons. The van der Waals surface area contributed by atoms with Crippen LogP contribution in [0.4, 0.5) is 0 Å². The Morgan fingerprint density at radius 1 is 0.964 bits per heavy atom. The lowest BCUT2D eigenvalue weighted by Crippen LogP contribution is -2.16. The Morgan fingerprint density at radius 2 is 1.79 bits per heavy atom. The van der Waals surface area contributed by atoms with E-state index in [2.05, 4.69) is 62.2 Å². The minimum absolute atomic E-state index is 0.221. The molecule has 0 bridgehead atoms. The highest BCUT2D eigenvalue weighted by Crippen LogP contribution is 2.29. The molecule has 0 unspecified atom stereocenters. The molecule has 1 aromatic heterocycles. The molecule has 0 saturated carbocycles. The van der Waals surface area contributed by atoms with Crippen LogP contribution in [0, 0.1) is 0 Å². The number of aromatic nitrogens is 2. The zero-order valence-electron chi connectivity index (χ0n) is 16.7. The molecule has 4 nitrogen and oxygen atoms in total. The second-order valence-corrected chi connectivity index (χ2v) is 7.13.